The van der Waals surface area contributed by atoms with Gasteiger partial charge in [0.05, 0.1) is 5.75 Å². The molecule has 5 nitrogen and oxygen atoms in total. The number of thioether (sulfide) groups is 1. The minimum Gasteiger partial charge on any atom is -0.330 e. The lowest BCUT2D eigenvalue weighted by molar-refractivity contribution is -0.113. The standard InChI is InChI=1S/C17H14ClFN4OS2/c1-10-13(18)6-3-7-14(10)21-15(24)9-25-17-23-22-16(26-17)20-12-5-2-4-11(19)8-12/h2-8H,9H2,1H3,(H,20,22)(H,21,24). The number of anilines is 3. The lowest BCUT2D eigenvalue weighted by Crippen LogP contribution is -2.14. The number of carbonyl (C=O) groups is 1. The Hall–Kier alpha value is -2.16. The summed E-state index contributed by atoms with van der Waals surface area (Å²) < 4.78 is 13.8. The molecular formula is C17H14ClFN4OS2. The summed E-state index contributed by atoms with van der Waals surface area (Å²) >= 11 is 8.62. The average Bonchev–Trinajstić information content (AvgIpc) is 3.05. The summed E-state index contributed by atoms with van der Waals surface area (Å²) in [4.78, 5) is 12.1. The normalized spacial score (nSPS) is 10.6. The van der Waals surface area contributed by atoms with Crippen molar-refractivity contribution in [2.75, 3.05) is 16.4 Å². The molecular weight excluding hydrogens is 395 g/mol. The molecule has 9 heteroatoms. The van der Waals surface area contributed by atoms with E-state index in [2.05, 4.69) is 20.8 Å². The Balaban J connectivity index is 1.54. The van der Waals surface area contributed by atoms with E-state index in [0.717, 1.165) is 5.56 Å². The van der Waals surface area contributed by atoms with Crippen LogP contribution < -0.4 is 10.6 Å². The first-order valence-electron chi connectivity index (χ1n) is 7.55. The lowest BCUT2D eigenvalue weighted by Gasteiger charge is -2.08. The Morgan fingerprint density at radius 2 is 2.08 bits per heavy atom. The highest BCUT2D eigenvalue weighted by Crippen LogP contribution is 2.28. The smallest absolute Gasteiger partial charge is 0.234 e. The van der Waals surface area contributed by atoms with Gasteiger partial charge in [-0.1, -0.05) is 46.8 Å². The van der Waals surface area contributed by atoms with Crippen LogP contribution in [0.4, 0.5) is 20.9 Å². The molecule has 0 saturated heterocycles. The number of nitrogens with one attached hydrogen (secondary N) is 2. The molecule has 0 unspecified atom stereocenters. The van der Waals surface area contributed by atoms with E-state index in [9.17, 15) is 9.18 Å². The summed E-state index contributed by atoms with van der Waals surface area (Å²) in [5.41, 5.74) is 2.10. The summed E-state index contributed by atoms with van der Waals surface area (Å²) in [5, 5.41) is 15.0. The molecule has 2 N–H and O–H groups in total. The van der Waals surface area contributed by atoms with Gasteiger partial charge in [-0.2, -0.15) is 0 Å². The molecule has 0 spiro atoms. The van der Waals surface area contributed by atoms with Crippen LogP contribution in [0.15, 0.2) is 46.8 Å². The second-order valence-electron chi connectivity index (χ2n) is 5.26. The minimum atomic E-state index is -0.331. The number of nitrogens with zero attached hydrogens (tertiary/aromatic N) is 2. The van der Waals surface area contributed by atoms with E-state index in [1.165, 1.54) is 35.2 Å². The van der Waals surface area contributed by atoms with Gasteiger partial charge in [-0.3, -0.25) is 4.79 Å². The van der Waals surface area contributed by atoms with Gasteiger partial charge in [0.25, 0.3) is 0 Å². The van der Waals surface area contributed by atoms with Crippen molar-refractivity contribution in [1.82, 2.24) is 10.2 Å². The highest BCUT2D eigenvalue weighted by molar-refractivity contribution is 8.01. The Labute approximate surface area is 163 Å². The number of hydrogen-bond acceptors (Lipinski definition) is 6. The Kier molecular flexibility index (Phi) is 6.08. The number of halogens is 2. The number of aromatic nitrogens is 2. The maximum absolute atomic E-state index is 13.2. The van der Waals surface area contributed by atoms with Crippen molar-refractivity contribution in [3.05, 3.63) is 58.9 Å². The number of hydrogen-bond donors (Lipinski definition) is 2. The molecule has 0 bridgehead atoms. The van der Waals surface area contributed by atoms with Crippen LogP contribution in [0.3, 0.4) is 0 Å². The first-order valence-corrected chi connectivity index (χ1v) is 9.73. The molecule has 26 heavy (non-hydrogen) atoms. The lowest BCUT2D eigenvalue weighted by atomic mass is 10.2. The molecule has 3 aromatic rings. The molecule has 0 saturated carbocycles. The number of benzene rings is 2. The predicted molar refractivity (Wildman–Crippen MR) is 105 cm³/mol. The minimum absolute atomic E-state index is 0.157. The second kappa shape index (κ2) is 8.48. The molecule has 2 aromatic carbocycles. The molecule has 0 fully saturated rings. The van der Waals surface area contributed by atoms with Gasteiger partial charge < -0.3 is 10.6 Å². The van der Waals surface area contributed by atoms with Crippen LogP contribution in [0, 0.1) is 12.7 Å². The maximum atomic E-state index is 13.2. The zero-order valence-electron chi connectivity index (χ0n) is 13.6. The molecule has 0 atom stereocenters. The average molecular weight is 409 g/mol. The van der Waals surface area contributed by atoms with Gasteiger partial charge in [-0.05, 0) is 42.8 Å². The monoisotopic (exact) mass is 408 g/mol. The molecule has 0 aliphatic heterocycles. The highest BCUT2D eigenvalue weighted by Gasteiger charge is 2.10. The summed E-state index contributed by atoms with van der Waals surface area (Å²) in [6.45, 7) is 1.85. The Morgan fingerprint density at radius 3 is 2.88 bits per heavy atom. The number of rotatable bonds is 6. The zero-order valence-corrected chi connectivity index (χ0v) is 16.0. The fourth-order valence-corrected chi connectivity index (χ4v) is 3.81. The summed E-state index contributed by atoms with van der Waals surface area (Å²) in [5.74, 6) is -0.294. The van der Waals surface area contributed by atoms with Crippen LogP contribution >= 0.6 is 34.7 Å². The van der Waals surface area contributed by atoms with Crippen molar-refractivity contribution >= 4 is 57.1 Å². The molecule has 0 aliphatic rings. The van der Waals surface area contributed by atoms with Crippen molar-refractivity contribution in [1.29, 1.82) is 0 Å². The van der Waals surface area contributed by atoms with Crippen molar-refractivity contribution < 1.29 is 9.18 Å². The van der Waals surface area contributed by atoms with Gasteiger partial charge in [0.2, 0.25) is 11.0 Å². The maximum Gasteiger partial charge on any atom is 0.234 e. The van der Waals surface area contributed by atoms with Gasteiger partial charge >= 0.3 is 0 Å². The number of amides is 1. The quantitative estimate of drug-likeness (QED) is 0.554. The largest absolute Gasteiger partial charge is 0.330 e. The van der Waals surface area contributed by atoms with Crippen LogP contribution in [0.2, 0.25) is 5.02 Å². The molecule has 3 rings (SSSR count). The third-order valence-corrected chi connectivity index (χ3v) is 5.73. The van der Waals surface area contributed by atoms with Crippen molar-refractivity contribution in [2.45, 2.75) is 11.3 Å². The van der Waals surface area contributed by atoms with E-state index in [-0.39, 0.29) is 17.5 Å². The fraction of sp³-hybridized carbons (Fsp3) is 0.118. The Bertz CT molecular complexity index is 935. The van der Waals surface area contributed by atoms with Gasteiger partial charge in [0, 0.05) is 16.4 Å². The number of carbonyl (C=O) groups excluding carboxylic acids is 1. The van der Waals surface area contributed by atoms with Gasteiger partial charge in [-0.25, -0.2) is 4.39 Å². The van der Waals surface area contributed by atoms with Crippen molar-refractivity contribution in [3.63, 3.8) is 0 Å². The summed E-state index contributed by atoms with van der Waals surface area (Å²) in [6.07, 6.45) is 0. The topological polar surface area (TPSA) is 66.9 Å². The van der Waals surface area contributed by atoms with E-state index in [1.54, 1.807) is 30.3 Å². The molecule has 1 amide bonds. The molecule has 134 valence electrons. The predicted octanol–water partition coefficient (Wildman–Crippen LogP) is 5.11. The van der Waals surface area contributed by atoms with Crippen LogP contribution in [0.1, 0.15) is 5.56 Å². The van der Waals surface area contributed by atoms with Crippen molar-refractivity contribution in [3.8, 4) is 0 Å². The fourth-order valence-electron chi connectivity index (χ4n) is 2.06. The second-order valence-corrected chi connectivity index (χ2v) is 7.86. The van der Waals surface area contributed by atoms with Gasteiger partial charge in [0.15, 0.2) is 4.34 Å². The van der Waals surface area contributed by atoms with E-state index in [0.29, 0.717) is 25.9 Å². The first kappa shape index (κ1) is 18.6. The van der Waals surface area contributed by atoms with Crippen LogP contribution in [0.5, 0.6) is 0 Å². The molecule has 1 aromatic heterocycles. The third kappa shape index (κ3) is 4.94. The molecule has 0 radical (unpaired) electrons. The van der Waals surface area contributed by atoms with Crippen molar-refractivity contribution in [2.24, 2.45) is 0 Å². The Morgan fingerprint density at radius 1 is 1.27 bits per heavy atom. The summed E-state index contributed by atoms with van der Waals surface area (Å²) in [7, 11) is 0. The van der Waals surface area contributed by atoms with E-state index < -0.39 is 0 Å². The van der Waals surface area contributed by atoms with Gasteiger partial charge in [0.1, 0.15) is 5.82 Å². The SMILES string of the molecule is Cc1c(Cl)cccc1NC(=O)CSc1nnc(Nc2cccc(F)c2)s1. The van der Waals surface area contributed by atoms with Gasteiger partial charge in [-0.15, -0.1) is 10.2 Å². The van der Waals surface area contributed by atoms with Crippen LogP contribution in [0.25, 0.3) is 0 Å². The molecule has 1 heterocycles. The van der Waals surface area contributed by atoms with Crippen LogP contribution in [-0.2, 0) is 4.79 Å². The van der Waals surface area contributed by atoms with E-state index in [1.807, 2.05) is 6.92 Å². The highest BCUT2D eigenvalue weighted by atomic mass is 35.5. The third-order valence-electron chi connectivity index (χ3n) is 3.35. The summed E-state index contributed by atoms with van der Waals surface area (Å²) in [6, 6.07) is 11.4. The first-order chi connectivity index (χ1) is 12.5. The van der Waals surface area contributed by atoms with E-state index in [4.69, 9.17) is 11.6 Å². The van der Waals surface area contributed by atoms with Crippen LogP contribution in [-0.4, -0.2) is 21.9 Å². The molecule has 0 aliphatic carbocycles. The van der Waals surface area contributed by atoms with E-state index >= 15 is 0 Å². The zero-order chi connectivity index (χ0) is 18.5.